The molecule has 1 fully saturated rings. The van der Waals surface area contributed by atoms with Crippen LogP contribution in [0.3, 0.4) is 0 Å². The molecular formula is C17H21BrN2O3S. The van der Waals surface area contributed by atoms with Gasteiger partial charge < -0.3 is 4.90 Å². The van der Waals surface area contributed by atoms with Crippen molar-refractivity contribution in [3.05, 3.63) is 40.9 Å². The first-order valence-corrected chi connectivity index (χ1v) is 10.4. The predicted octanol–water partition coefficient (Wildman–Crippen LogP) is 2.64. The van der Waals surface area contributed by atoms with Crippen LogP contribution in [0.4, 0.5) is 0 Å². The number of allylic oxidation sites excluding steroid dienone is 2. The molecule has 1 aromatic carbocycles. The Morgan fingerprint density at radius 3 is 2.58 bits per heavy atom. The number of nitrogens with zero attached hydrogens (tertiary/aromatic N) is 2. The number of piperazine rings is 1. The van der Waals surface area contributed by atoms with E-state index in [4.69, 9.17) is 0 Å². The lowest BCUT2D eigenvalue weighted by Gasteiger charge is -2.34. The Balaban J connectivity index is 1.60. The number of rotatable bonds is 4. The van der Waals surface area contributed by atoms with Gasteiger partial charge in [-0.05, 0) is 37.0 Å². The second kappa shape index (κ2) is 7.37. The van der Waals surface area contributed by atoms with Crippen LogP contribution in [-0.4, -0.2) is 49.7 Å². The van der Waals surface area contributed by atoms with Crippen molar-refractivity contribution >= 4 is 31.9 Å². The van der Waals surface area contributed by atoms with Crippen LogP contribution >= 0.6 is 15.9 Å². The van der Waals surface area contributed by atoms with Crippen LogP contribution in [0, 0.1) is 5.92 Å². The van der Waals surface area contributed by atoms with Crippen LogP contribution in [0.2, 0.25) is 0 Å². The summed E-state index contributed by atoms with van der Waals surface area (Å²) in [5.74, 6) is 0.479. The molecule has 24 heavy (non-hydrogen) atoms. The third kappa shape index (κ3) is 3.90. The van der Waals surface area contributed by atoms with E-state index in [2.05, 4.69) is 28.1 Å². The highest BCUT2D eigenvalue weighted by atomic mass is 79.9. The molecule has 1 heterocycles. The van der Waals surface area contributed by atoms with Gasteiger partial charge in [0, 0.05) is 37.1 Å². The maximum Gasteiger partial charge on any atom is 0.243 e. The van der Waals surface area contributed by atoms with E-state index in [0.717, 1.165) is 17.3 Å². The van der Waals surface area contributed by atoms with Crippen molar-refractivity contribution in [2.45, 2.75) is 24.2 Å². The van der Waals surface area contributed by atoms with Crippen molar-refractivity contribution < 1.29 is 13.2 Å². The summed E-state index contributed by atoms with van der Waals surface area (Å²) in [6.45, 7) is 1.62. The van der Waals surface area contributed by atoms with E-state index in [1.165, 1.54) is 4.31 Å². The monoisotopic (exact) mass is 412 g/mol. The van der Waals surface area contributed by atoms with E-state index in [9.17, 15) is 13.2 Å². The zero-order valence-electron chi connectivity index (χ0n) is 13.4. The number of sulfonamides is 1. The van der Waals surface area contributed by atoms with Gasteiger partial charge in [-0.2, -0.15) is 4.31 Å². The van der Waals surface area contributed by atoms with Gasteiger partial charge in [0.1, 0.15) is 0 Å². The molecule has 0 bridgehead atoms. The molecule has 3 rings (SSSR count). The number of carbonyl (C=O) groups is 1. The Hall–Kier alpha value is -1.18. The number of benzene rings is 1. The third-order valence-electron chi connectivity index (χ3n) is 4.57. The van der Waals surface area contributed by atoms with Crippen LogP contribution in [-0.2, 0) is 14.8 Å². The standard InChI is InChI=1S/C17H21BrN2O3S/c18-15-6-3-7-16(13-15)24(22,23)20-10-8-19(9-11-20)17(21)12-14-4-1-2-5-14/h1,3-4,6-7,13-14H,2,5,8-12H2/t14-/m0/s1. The van der Waals surface area contributed by atoms with Gasteiger partial charge in [-0.15, -0.1) is 0 Å². The van der Waals surface area contributed by atoms with Gasteiger partial charge in [-0.1, -0.05) is 34.1 Å². The van der Waals surface area contributed by atoms with E-state index in [-0.39, 0.29) is 10.8 Å². The molecule has 1 aromatic rings. The molecule has 0 aromatic heterocycles. The largest absolute Gasteiger partial charge is 0.340 e. The lowest BCUT2D eigenvalue weighted by molar-refractivity contribution is -0.133. The summed E-state index contributed by atoms with van der Waals surface area (Å²) < 4.78 is 27.6. The highest BCUT2D eigenvalue weighted by Crippen LogP contribution is 2.23. The van der Waals surface area contributed by atoms with Gasteiger partial charge >= 0.3 is 0 Å². The van der Waals surface area contributed by atoms with E-state index in [1.807, 2.05) is 0 Å². The minimum atomic E-state index is -3.50. The summed E-state index contributed by atoms with van der Waals surface area (Å²) in [5, 5.41) is 0. The molecule has 1 aliphatic heterocycles. The van der Waals surface area contributed by atoms with Crippen LogP contribution in [0.1, 0.15) is 19.3 Å². The fourth-order valence-electron chi connectivity index (χ4n) is 3.17. The van der Waals surface area contributed by atoms with Crippen molar-refractivity contribution in [1.82, 2.24) is 9.21 Å². The Morgan fingerprint density at radius 1 is 1.21 bits per heavy atom. The number of amides is 1. The minimum Gasteiger partial charge on any atom is -0.340 e. The zero-order chi connectivity index (χ0) is 17.2. The van der Waals surface area contributed by atoms with E-state index >= 15 is 0 Å². The smallest absolute Gasteiger partial charge is 0.243 e. The van der Waals surface area contributed by atoms with Crippen LogP contribution in [0.5, 0.6) is 0 Å². The molecule has 130 valence electrons. The summed E-state index contributed by atoms with van der Waals surface area (Å²) in [5.41, 5.74) is 0. The average Bonchev–Trinajstić information content (AvgIpc) is 3.08. The minimum absolute atomic E-state index is 0.131. The molecule has 0 unspecified atom stereocenters. The topological polar surface area (TPSA) is 57.7 Å². The van der Waals surface area contributed by atoms with Gasteiger partial charge in [-0.25, -0.2) is 8.42 Å². The number of hydrogen-bond donors (Lipinski definition) is 0. The second-order valence-electron chi connectivity index (χ2n) is 6.21. The lowest BCUT2D eigenvalue weighted by atomic mass is 10.0. The van der Waals surface area contributed by atoms with E-state index < -0.39 is 10.0 Å². The SMILES string of the molecule is O=C(C[C@H]1C=CCC1)N1CCN(S(=O)(=O)c2cccc(Br)c2)CC1. The normalized spacial score (nSPS) is 22.0. The fourth-order valence-corrected chi connectivity index (χ4v) is 5.19. The highest BCUT2D eigenvalue weighted by molar-refractivity contribution is 9.10. The fraction of sp³-hybridized carbons (Fsp3) is 0.471. The number of halogens is 1. The Kier molecular flexibility index (Phi) is 5.42. The molecule has 5 nitrogen and oxygen atoms in total. The van der Waals surface area contributed by atoms with Crippen molar-refractivity contribution in [2.75, 3.05) is 26.2 Å². The summed E-state index contributed by atoms with van der Waals surface area (Å²) >= 11 is 3.31. The summed E-state index contributed by atoms with van der Waals surface area (Å²) in [7, 11) is -3.50. The average molecular weight is 413 g/mol. The van der Waals surface area contributed by atoms with E-state index in [0.29, 0.717) is 38.5 Å². The van der Waals surface area contributed by atoms with Gasteiger partial charge in [0.2, 0.25) is 15.9 Å². The third-order valence-corrected chi connectivity index (χ3v) is 6.96. The molecule has 2 aliphatic rings. The van der Waals surface area contributed by atoms with Gasteiger partial charge in [-0.3, -0.25) is 4.79 Å². The summed E-state index contributed by atoms with van der Waals surface area (Å²) in [4.78, 5) is 14.4. The van der Waals surface area contributed by atoms with Gasteiger partial charge in [0.05, 0.1) is 4.90 Å². The van der Waals surface area contributed by atoms with E-state index in [1.54, 1.807) is 29.2 Å². The Bertz CT molecular complexity index is 740. The molecule has 7 heteroatoms. The van der Waals surface area contributed by atoms with Crippen molar-refractivity contribution in [3.63, 3.8) is 0 Å². The maximum atomic E-state index is 12.7. The molecule has 0 radical (unpaired) electrons. The van der Waals surface area contributed by atoms with Gasteiger partial charge in [0.25, 0.3) is 0 Å². The van der Waals surface area contributed by atoms with Gasteiger partial charge in [0.15, 0.2) is 0 Å². The van der Waals surface area contributed by atoms with Crippen molar-refractivity contribution in [2.24, 2.45) is 5.92 Å². The molecule has 0 spiro atoms. The summed E-state index contributed by atoms with van der Waals surface area (Å²) in [6.07, 6.45) is 6.88. The number of carbonyl (C=O) groups excluding carboxylic acids is 1. The summed E-state index contributed by atoms with van der Waals surface area (Å²) in [6, 6.07) is 6.72. The second-order valence-corrected chi connectivity index (χ2v) is 9.07. The molecule has 1 aliphatic carbocycles. The molecular weight excluding hydrogens is 392 g/mol. The molecule has 1 saturated heterocycles. The highest BCUT2D eigenvalue weighted by Gasteiger charge is 2.30. The quantitative estimate of drug-likeness (QED) is 0.714. The van der Waals surface area contributed by atoms with Crippen LogP contribution < -0.4 is 0 Å². The molecule has 0 saturated carbocycles. The zero-order valence-corrected chi connectivity index (χ0v) is 15.8. The first kappa shape index (κ1) is 17.6. The van der Waals surface area contributed by atoms with Crippen LogP contribution in [0.25, 0.3) is 0 Å². The maximum absolute atomic E-state index is 12.7. The first-order chi connectivity index (χ1) is 11.5. The van der Waals surface area contributed by atoms with Crippen molar-refractivity contribution in [1.29, 1.82) is 0 Å². The van der Waals surface area contributed by atoms with Crippen LogP contribution in [0.15, 0.2) is 45.8 Å². The first-order valence-electron chi connectivity index (χ1n) is 8.17. The van der Waals surface area contributed by atoms with Crippen molar-refractivity contribution in [3.8, 4) is 0 Å². The Labute approximate surface area is 151 Å². The lowest BCUT2D eigenvalue weighted by Crippen LogP contribution is -2.50. The molecule has 1 atom stereocenters. The molecule has 0 N–H and O–H groups in total. The Morgan fingerprint density at radius 2 is 1.96 bits per heavy atom. The predicted molar refractivity (Wildman–Crippen MR) is 96.0 cm³/mol. The molecule has 1 amide bonds. The number of hydrogen-bond acceptors (Lipinski definition) is 3.